The molecule has 2 atom stereocenters. The molecule has 1 fully saturated rings. The van der Waals surface area contributed by atoms with Gasteiger partial charge in [-0.25, -0.2) is 4.79 Å². The second-order valence-electron chi connectivity index (χ2n) is 8.38. The summed E-state index contributed by atoms with van der Waals surface area (Å²) >= 11 is 0. The van der Waals surface area contributed by atoms with Gasteiger partial charge in [0.25, 0.3) is 0 Å². The Kier molecular flexibility index (Phi) is 7.25. The molecule has 1 aliphatic carbocycles. The number of rotatable bonds is 8. The zero-order chi connectivity index (χ0) is 20.0. The van der Waals surface area contributed by atoms with Gasteiger partial charge in [-0.05, 0) is 53.1 Å². The van der Waals surface area contributed by atoms with Crippen molar-refractivity contribution in [1.82, 2.24) is 15.5 Å². The Morgan fingerprint density at radius 3 is 2.41 bits per heavy atom. The second kappa shape index (κ2) is 9.22. The van der Waals surface area contributed by atoms with Crippen LogP contribution in [0.15, 0.2) is 30.3 Å². The second-order valence-corrected chi connectivity index (χ2v) is 8.38. The molecular formula is C21H33N3O3. The molecule has 0 bridgehead atoms. The molecule has 1 aliphatic rings. The number of alkyl carbamates (subject to hydrolysis) is 1. The van der Waals surface area contributed by atoms with Gasteiger partial charge in [-0.3, -0.25) is 9.69 Å². The number of nitrogens with zero attached hydrogens (tertiary/aromatic N) is 1. The summed E-state index contributed by atoms with van der Waals surface area (Å²) in [6.45, 7) is 8.05. The van der Waals surface area contributed by atoms with E-state index in [1.54, 1.807) is 20.8 Å². The van der Waals surface area contributed by atoms with Crippen LogP contribution in [0.5, 0.6) is 0 Å². The van der Waals surface area contributed by atoms with Crippen molar-refractivity contribution in [3.63, 3.8) is 0 Å². The number of amides is 2. The van der Waals surface area contributed by atoms with Crippen LogP contribution in [0.1, 0.15) is 46.1 Å². The molecule has 1 aromatic rings. The molecule has 0 radical (unpaired) electrons. The summed E-state index contributed by atoms with van der Waals surface area (Å²) in [5.41, 5.74) is 0.371. The quantitative estimate of drug-likeness (QED) is 0.733. The van der Waals surface area contributed by atoms with Crippen molar-refractivity contribution in [2.75, 3.05) is 13.6 Å². The monoisotopic (exact) mass is 375 g/mol. The van der Waals surface area contributed by atoms with E-state index in [4.69, 9.17) is 4.74 Å². The Labute approximate surface area is 162 Å². The number of ether oxygens (including phenoxy) is 1. The molecule has 0 saturated heterocycles. The normalized spacial score (nSPS) is 16.5. The van der Waals surface area contributed by atoms with Gasteiger partial charge < -0.3 is 15.4 Å². The van der Waals surface area contributed by atoms with Crippen LogP contribution in [0.2, 0.25) is 0 Å². The number of carbonyl (C=O) groups excluding carboxylic acids is 2. The van der Waals surface area contributed by atoms with Crippen LogP contribution in [0, 0.1) is 0 Å². The minimum Gasteiger partial charge on any atom is -0.444 e. The van der Waals surface area contributed by atoms with Gasteiger partial charge in [0.05, 0.1) is 0 Å². The molecule has 0 heterocycles. The van der Waals surface area contributed by atoms with E-state index < -0.39 is 17.7 Å². The van der Waals surface area contributed by atoms with E-state index in [0.29, 0.717) is 19.0 Å². The van der Waals surface area contributed by atoms with Crippen molar-refractivity contribution < 1.29 is 14.3 Å². The molecule has 1 aromatic carbocycles. The molecule has 2 N–H and O–H groups in total. The molecule has 6 nitrogen and oxygen atoms in total. The molecule has 0 aliphatic heterocycles. The Morgan fingerprint density at radius 2 is 1.85 bits per heavy atom. The first-order chi connectivity index (χ1) is 12.7. The Morgan fingerprint density at radius 1 is 1.22 bits per heavy atom. The minimum atomic E-state index is -0.680. The summed E-state index contributed by atoms with van der Waals surface area (Å²) < 4.78 is 5.32. The van der Waals surface area contributed by atoms with Gasteiger partial charge in [0.1, 0.15) is 11.6 Å². The standard InChI is InChI=1S/C21H33N3O3/c1-15(24(5)17-11-12-17)14-22-19(25)18(13-16-9-7-6-8-10-16)23-20(26)27-21(2,3)4/h6-10,15,17-18H,11-14H2,1-5H3,(H,22,25)(H,23,26)/t15?,18-/m0/s1. The lowest BCUT2D eigenvalue weighted by molar-refractivity contribution is -0.123. The molecule has 2 amide bonds. The number of likely N-dealkylation sites (N-methyl/N-ethyl adjacent to an activating group) is 1. The maximum absolute atomic E-state index is 12.8. The number of nitrogens with one attached hydrogen (secondary N) is 2. The number of benzene rings is 1. The molecule has 0 spiro atoms. The van der Waals surface area contributed by atoms with Crippen LogP contribution in [0.25, 0.3) is 0 Å². The van der Waals surface area contributed by atoms with Gasteiger partial charge in [-0.15, -0.1) is 0 Å². The summed E-state index contributed by atoms with van der Waals surface area (Å²) in [5, 5.41) is 5.71. The maximum Gasteiger partial charge on any atom is 0.408 e. The molecule has 27 heavy (non-hydrogen) atoms. The predicted molar refractivity (Wildman–Crippen MR) is 107 cm³/mol. The first-order valence-electron chi connectivity index (χ1n) is 9.69. The van der Waals surface area contributed by atoms with E-state index >= 15 is 0 Å². The lowest BCUT2D eigenvalue weighted by atomic mass is 10.1. The SMILES string of the molecule is CC(CNC(=O)[C@H](Cc1ccccc1)NC(=O)OC(C)(C)C)N(C)C1CC1. The third kappa shape index (κ3) is 7.59. The Balaban J connectivity index is 1.96. The van der Waals surface area contributed by atoms with Gasteiger partial charge in [0.2, 0.25) is 5.91 Å². The topological polar surface area (TPSA) is 70.7 Å². The molecule has 6 heteroatoms. The van der Waals surface area contributed by atoms with Crippen LogP contribution >= 0.6 is 0 Å². The highest BCUT2D eigenvalue weighted by Crippen LogP contribution is 2.26. The third-order valence-corrected chi connectivity index (χ3v) is 4.68. The molecule has 2 rings (SSSR count). The van der Waals surface area contributed by atoms with Gasteiger partial charge >= 0.3 is 6.09 Å². The van der Waals surface area contributed by atoms with Crippen molar-refractivity contribution >= 4 is 12.0 Å². The summed E-state index contributed by atoms with van der Waals surface area (Å²) in [4.78, 5) is 27.2. The summed E-state index contributed by atoms with van der Waals surface area (Å²) in [7, 11) is 2.09. The third-order valence-electron chi connectivity index (χ3n) is 4.68. The fraction of sp³-hybridized carbons (Fsp3) is 0.619. The Hall–Kier alpha value is -2.08. The molecule has 0 aromatic heterocycles. The highest BCUT2D eigenvalue weighted by molar-refractivity contribution is 5.86. The summed E-state index contributed by atoms with van der Waals surface area (Å²) in [6, 6.07) is 9.86. The van der Waals surface area contributed by atoms with Gasteiger partial charge in [-0.1, -0.05) is 30.3 Å². The van der Waals surface area contributed by atoms with Gasteiger partial charge in [0, 0.05) is 25.0 Å². The first-order valence-corrected chi connectivity index (χ1v) is 9.69. The lowest BCUT2D eigenvalue weighted by Gasteiger charge is -2.26. The molecule has 150 valence electrons. The van der Waals surface area contributed by atoms with Crippen LogP contribution in [-0.2, 0) is 16.0 Å². The largest absolute Gasteiger partial charge is 0.444 e. The van der Waals surface area contributed by atoms with Gasteiger partial charge in [-0.2, -0.15) is 0 Å². The van der Waals surface area contributed by atoms with Gasteiger partial charge in [0.15, 0.2) is 0 Å². The van der Waals surface area contributed by atoms with Crippen molar-refractivity contribution in [2.24, 2.45) is 0 Å². The highest BCUT2D eigenvalue weighted by Gasteiger charge is 2.30. The van der Waals surface area contributed by atoms with E-state index in [1.165, 1.54) is 12.8 Å². The van der Waals surface area contributed by atoms with Crippen molar-refractivity contribution in [3.8, 4) is 0 Å². The van der Waals surface area contributed by atoms with Crippen LogP contribution in [0.3, 0.4) is 0 Å². The molecular weight excluding hydrogens is 342 g/mol. The summed E-state index contributed by atoms with van der Waals surface area (Å²) in [5.74, 6) is -0.194. The van der Waals surface area contributed by atoms with Crippen molar-refractivity contribution in [2.45, 2.75) is 70.7 Å². The average molecular weight is 376 g/mol. The van der Waals surface area contributed by atoms with Crippen LogP contribution < -0.4 is 10.6 Å². The van der Waals surface area contributed by atoms with Crippen LogP contribution in [0.4, 0.5) is 4.79 Å². The fourth-order valence-electron chi connectivity index (χ4n) is 2.87. The van der Waals surface area contributed by atoms with E-state index in [-0.39, 0.29) is 11.9 Å². The summed E-state index contributed by atoms with van der Waals surface area (Å²) in [6.07, 6.45) is 2.29. The van der Waals surface area contributed by atoms with E-state index in [9.17, 15) is 9.59 Å². The van der Waals surface area contributed by atoms with E-state index in [0.717, 1.165) is 5.56 Å². The Bertz CT molecular complexity index is 623. The highest BCUT2D eigenvalue weighted by atomic mass is 16.6. The number of hydrogen-bond acceptors (Lipinski definition) is 4. The molecule has 1 unspecified atom stereocenters. The van der Waals surface area contributed by atoms with Crippen LogP contribution in [-0.4, -0.2) is 54.2 Å². The average Bonchev–Trinajstić information content (AvgIpc) is 3.42. The lowest BCUT2D eigenvalue weighted by Crippen LogP contribution is -2.51. The maximum atomic E-state index is 12.8. The zero-order valence-corrected chi connectivity index (χ0v) is 17.1. The molecule has 1 saturated carbocycles. The number of carbonyl (C=O) groups is 2. The minimum absolute atomic E-state index is 0.194. The zero-order valence-electron chi connectivity index (χ0n) is 17.1. The van der Waals surface area contributed by atoms with Crippen molar-refractivity contribution in [1.29, 1.82) is 0 Å². The van der Waals surface area contributed by atoms with E-state index in [2.05, 4.69) is 29.5 Å². The van der Waals surface area contributed by atoms with E-state index in [1.807, 2.05) is 30.3 Å². The number of hydrogen-bond donors (Lipinski definition) is 2. The fourth-order valence-corrected chi connectivity index (χ4v) is 2.87. The first kappa shape index (κ1) is 21.2. The predicted octanol–water partition coefficient (Wildman–Crippen LogP) is 2.72. The smallest absolute Gasteiger partial charge is 0.408 e. The van der Waals surface area contributed by atoms with Crippen molar-refractivity contribution in [3.05, 3.63) is 35.9 Å².